The van der Waals surface area contributed by atoms with Crippen molar-refractivity contribution in [3.8, 4) is 0 Å². The second kappa shape index (κ2) is 3.35. The van der Waals surface area contributed by atoms with Crippen molar-refractivity contribution < 1.29 is 9.31 Å². The molecule has 0 bridgehead atoms. The molecule has 0 spiro atoms. The zero-order chi connectivity index (χ0) is 10.0. The van der Waals surface area contributed by atoms with Crippen LogP contribution in [0.15, 0.2) is 24.8 Å². The lowest BCUT2D eigenvalue weighted by Crippen LogP contribution is -1.96. The van der Waals surface area contributed by atoms with Crippen molar-refractivity contribution in [2.24, 2.45) is 0 Å². The van der Waals surface area contributed by atoms with Crippen LogP contribution in [0.2, 0.25) is 0 Å². The van der Waals surface area contributed by atoms with Crippen LogP contribution in [-0.2, 0) is 0 Å². The summed E-state index contributed by atoms with van der Waals surface area (Å²) in [5.41, 5.74) is 0.0878. The summed E-state index contributed by atoms with van der Waals surface area (Å²) in [6, 6.07) is 3.74. The van der Waals surface area contributed by atoms with E-state index in [-0.39, 0.29) is 11.3 Å². The summed E-state index contributed by atoms with van der Waals surface area (Å²) in [5, 5.41) is 10.5. The van der Waals surface area contributed by atoms with Gasteiger partial charge in [0.15, 0.2) is 0 Å². The molecule has 0 aliphatic heterocycles. The van der Waals surface area contributed by atoms with Crippen LogP contribution < -0.4 is 0 Å². The number of rotatable bonds is 2. The van der Waals surface area contributed by atoms with Crippen molar-refractivity contribution in [3.05, 3.63) is 46.3 Å². The van der Waals surface area contributed by atoms with Crippen LogP contribution in [0, 0.1) is 15.9 Å². The minimum absolute atomic E-state index is 0.0208. The fourth-order valence-corrected chi connectivity index (χ4v) is 1.09. The molecule has 0 radical (unpaired) electrons. The molecular formula is C9H8FNO2. The van der Waals surface area contributed by atoms with Crippen molar-refractivity contribution in [1.82, 2.24) is 0 Å². The Balaban J connectivity index is 3.43. The van der Waals surface area contributed by atoms with E-state index in [0.717, 1.165) is 0 Å². The first-order chi connectivity index (χ1) is 6.04. The maximum absolute atomic E-state index is 13.1. The summed E-state index contributed by atoms with van der Waals surface area (Å²) < 4.78 is 13.1. The largest absolute Gasteiger partial charge is 0.279 e. The first-order valence-corrected chi connectivity index (χ1v) is 3.63. The van der Waals surface area contributed by atoms with E-state index < -0.39 is 10.7 Å². The van der Waals surface area contributed by atoms with E-state index >= 15 is 0 Å². The van der Waals surface area contributed by atoms with E-state index in [1.807, 2.05) is 0 Å². The molecule has 0 atom stereocenters. The number of nitrogens with zero attached hydrogens (tertiary/aromatic N) is 1. The first-order valence-electron chi connectivity index (χ1n) is 3.63. The van der Waals surface area contributed by atoms with Crippen molar-refractivity contribution in [2.45, 2.75) is 6.92 Å². The Morgan fingerprint density at radius 3 is 2.62 bits per heavy atom. The molecule has 1 aromatic rings. The van der Waals surface area contributed by atoms with E-state index in [4.69, 9.17) is 0 Å². The van der Waals surface area contributed by atoms with E-state index in [9.17, 15) is 14.5 Å². The monoisotopic (exact) mass is 181 g/mol. The number of allylic oxidation sites excluding steroid dienone is 1. The van der Waals surface area contributed by atoms with Gasteiger partial charge in [0.25, 0.3) is 5.69 Å². The third-order valence-corrected chi connectivity index (χ3v) is 1.62. The summed E-state index contributed by atoms with van der Waals surface area (Å²) >= 11 is 0. The second-order valence-electron chi connectivity index (χ2n) is 2.67. The minimum atomic E-state index is -0.618. The molecule has 3 nitrogen and oxygen atoms in total. The topological polar surface area (TPSA) is 43.1 Å². The van der Waals surface area contributed by atoms with E-state index in [1.165, 1.54) is 25.1 Å². The van der Waals surface area contributed by atoms with Crippen LogP contribution in [0.1, 0.15) is 12.5 Å². The van der Waals surface area contributed by atoms with E-state index in [1.54, 1.807) is 0 Å². The van der Waals surface area contributed by atoms with Gasteiger partial charge in [0.05, 0.1) is 10.5 Å². The Kier molecular flexibility index (Phi) is 2.41. The van der Waals surface area contributed by atoms with Gasteiger partial charge in [0.1, 0.15) is 5.82 Å². The smallest absolute Gasteiger partial charge is 0.258 e. The number of hydrogen-bond donors (Lipinski definition) is 0. The van der Waals surface area contributed by atoms with Crippen LogP contribution in [0.25, 0.3) is 5.57 Å². The average Bonchev–Trinajstić information content (AvgIpc) is 2.02. The van der Waals surface area contributed by atoms with Crippen molar-refractivity contribution in [3.63, 3.8) is 0 Å². The lowest BCUT2D eigenvalue weighted by molar-refractivity contribution is -0.385. The standard InChI is InChI=1S/C9H8FNO2/c1-6(2)9-7(10)4-3-5-8(9)11(12)13/h3-5H,1H2,2H3. The summed E-state index contributed by atoms with van der Waals surface area (Å²) in [4.78, 5) is 9.86. The normalized spacial score (nSPS) is 9.69. The highest BCUT2D eigenvalue weighted by Crippen LogP contribution is 2.26. The predicted molar refractivity (Wildman–Crippen MR) is 47.8 cm³/mol. The highest BCUT2D eigenvalue weighted by atomic mass is 19.1. The molecule has 0 aliphatic carbocycles. The molecule has 1 aromatic carbocycles. The predicted octanol–water partition coefficient (Wildman–Crippen LogP) is 2.77. The maximum Gasteiger partial charge on any atom is 0.279 e. The highest BCUT2D eigenvalue weighted by Gasteiger charge is 2.17. The zero-order valence-electron chi connectivity index (χ0n) is 7.08. The summed E-state index contributed by atoms with van der Waals surface area (Å²) in [6.07, 6.45) is 0. The molecule has 0 heterocycles. The highest BCUT2D eigenvalue weighted by molar-refractivity contribution is 5.70. The molecule has 0 amide bonds. The third kappa shape index (κ3) is 1.72. The lowest BCUT2D eigenvalue weighted by Gasteiger charge is -2.02. The van der Waals surface area contributed by atoms with Gasteiger partial charge in [-0.1, -0.05) is 12.6 Å². The number of hydrogen-bond acceptors (Lipinski definition) is 2. The van der Waals surface area contributed by atoms with Gasteiger partial charge in [-0.25, -0.2) is 4.39 Å². The van der Waals surface area contributed by atoms with Gasteiger partial charge >= 0.3 is 0 Å². The second-order valence-corrected chi connectivity index (χ2v) is 2.67. The molecule has 0 aliphatic rings. The Morgan fingerprint density at radius 2 is 2.23 bits per heavy atom. The quantitative estimate of drug-likeness (QED) is 0.520. The SMILES string of the molecule is C=C(C)c1c(F)cccc1[N+](=O)[O-]. The van der Waals surface area contributed by atoms with E-state index in [2.05, 4.69) is 6.58 Å². The molecule has 13 heavy (non-hydrogen) atoms. The molecule has 0 N–H and O–H groups in total. The molecule has 0 unspecified atom stereocenters. The number of benzene rings is 1. The van der Waals surface area contributed by atoms with Gasteiger partial charge < -0.3 is 0 Å². The number of nitro benzene ring substituents is 1. The Hall–Kier alpha value is -1.71. The van der Waals surface area contributed by atoms with Crippen LogP contribution in [-0.4, -0.2) is 4.92 Å². The fourth-order valence-electron chi connectivity index (χ4n) is 1.09. The summed E-state index contributed by atoms with van der Waals surface area (Å²) in [5.74, 6) is -0.610. The fraction of sp³-hybridized carbons (Fsp3) is 0.111. The van der Waals surface area contributed by atoms with Crippen molar-refractivity contribution >= 4 is 11.3 Å². The molecule has 0 fully saturated rings. The van der Waals surface area contributed by atoms with Crippen LogP contribution in [0.3, 0.4) is 0 Å². The van der Waals surface area contributed by atoms with Gasteiger partial charge in [0.2, 0.25) is 0 Å². The average molecular weight is 181 g/mol. The van der Waals surface area contributed by atoms with Crippen LogP contribution in [0.5, 0.6) is 0 Å². The number of halogens is 1. The number of nitro groups is 1. The molecule has 0 aromatic heterocycles. The zero-order valence-corrected chi connectivity index (χ0v) is 7.08. The summed E-state index contributed by atoms with van der Waals surface area (Å²) in [7, 11) is 0. The Bertz CT molecular complexity index is 374. The molecule has 4 heteroatoms. The third-order valence-electron chi connectivity index (χ3n) is 1.62. The maximum atomic E-state index is 13.1. The first kappa shape index (κ1) is 9.38. The Labute approximate surface area is 74.7 Å². The van der Waals surface area contributed by atoms with Crippen LogP contribution in [0.4, 0.5) is 10.1 Å². The molecular weight excluding hydrogens is 173 g/mol. The Morgan fingerprint density at radius 1 is 1.62 bits per heavy atom. The van der Waals surface area contributed by atoms with Gasteiger partial charge in [-0.15, -0.1) is 0 Å². The van der Waals surface area contributed by atoms with Crippen molar-refractivity contribution in [1.29, 1.82) is 0 Å². The molecule has 1 rings (SSSR count). The van der Waals surface area contributed by atoms with Crippen molar-refractivity contribution in [2.75, 3.05) is 0 Å². The molecule has 0 saturated heterocycles. The van der Waals surface area contributed by atoms with E-state index in [0.29, 0.717) is 5.57 Å². The molecule has 0 saturated carbocycles. The lowest BCUT2D eigenvalue weighted by atomic mass is 10.1. The van der Waals surface area contributed by atoms with Gasteiger partial charge in [-0.05, 0) is 18.6 Å². The van der Waals surface area contributed by atoms with Crippen LogP contribution >= 0.6 is 0 Å². The van der Waals surface area contributed by atoms with Gasteiger partial charge in [-0.3, -0.25) is 10.1 Å². The minimum Gasteiger partial charge on any atom is -0.258 e. The summed E-state index contributed by atoms with van der Waals surface area (Å²) in [6.45, 7) is 5.02. The van der Waals surface area contributed by atoms with Gasteiger partial charge in [0, 0.05) is 6.07 Å². The van der Waals surface area contributed by atoms with Gasteiger partial charge in [-0.2, -0.15) is 0 Å². The molecule has 68 valence electrons.